The predicted octanol–water partition coefficient (Wildman–Crippen LogP) is 2.49. The van der Waals surface area contributed by atoms with Gasteiger partial charge in [-0.15, -0.1) is 0 Å². The van der Waals surface area contributed by atoms with Gasteiger partial charge in [-0.1, -0.05) is 12.1 Å². The summed E-state index contributed by atoms with van der Waals surface area (Å²) in [7, 11) is 0. The van der Waals surface area contributed by atoms with E-state index in [0.717, 1.165) is 0 Å². The lowest BCUT2D eigenvalue weighted by Crippen LogP contribution is -2.16. The summed E-state index contributed by atoms with van der Waals surface area (Å²) in [5, 5.41) is 0. The van der Waals surface area contributed by atoms with Crippen LogP contribution in [0.4, 0.5) is 4.39 Å². The molecule has 4 nitrogen and oxygen atoms in total. The number of carbonyl (C=O) groups is 1. The number of fused-ring (bicyclic) bond motifs is 1. The fourth-order valence-electron chi connectivity index (χ4n) is 2.11. The third kappa shape index (κ3) is 2.03. The second-order valence-corrected chi connectivity index (χ2v) is 4.52. The summed E-state index contributed by atoms with van der Waals surface area (Å²) in [5.74, 6) is -0.719. The topological polar surface area (TPSA) is 59.2 Å². The first-order valence-electron chi connectivity index (χ1n) is 5.98. The van der Waals surface area contributed by atoms with Gasteiger partial charge in [0, 0.05) is 11.3 Å². The average molecular weight is 271 g/mol. The number of esters is 1. The van der Waals surface area contributed by atoms with Gasteiger partial charge in [0.15, 0.2) is 0 Å². The standard InChI is InChI=1S/C15H10FNO3/c1-8-6-11-12(7-9-2-4-10(16)5-3-9)20-15(19)13(11)14(18)17-8/h2-7H,1H3,(H,17,18). The number of nitrogens with one attached hydrogen (secondary N) is 1. The maximum Gasteiger partial charge on any atom is 0.349 e. The van der Waals surface area contributed by atoms with Gasteiger partial charge in [0.25, 0.3) is 5.56 Å². The van der Waals surface area contributed by atoms with Crippen LogP contribution < -0.4 is 5.56 Å². The molecule has 0 amide bonds. The molecule has 0 bridgehead atoms. The Morgan fingerprint density at radius 3 is 2.60 bits per heavy atom. The number of aryl methyl sites for hydroxylation is 1. The molecule has 100 valence electrons. The molecular weight excluding hydrogens is 261 g/mol. The van der Waals surface area contributed by atoms with Crippen molar-refractivity contribution in [2.45, 2.75) is 6.92 Å². The summed E-state index contributed by atoms with van der Waals surface area (Å²) in [5.41, 5.74) is 1.31. The fourth-order valence-corrected chi connectivity index (χ4v) is 2.11. The van der Waals surface area contributed by atoms with E-state index in [1.54, 1.807) is 31.2 Å². The van der Waals surface area contributed by atoms with Crippen molar-refractivity contribution in [3.8, 4) is 0 Å². The Hall–Kier alpha value is -2.69. The summed E-state index contributed by atoms with van der Waals surface area (Å²) >= 11 is 0. The average Bonchev–Trinajstić information content (AvgIpc) is 2.69. The smallest absolute Gasteiger partial charge is 0.349 e. The summed E-state index contributed by atoms with van der Waals surface area (Å²) in [6, 6.07) is 7.43. The lowest BCUT2D eigenvalue weighted by Gasteiger charge is -2.00. The van der Waals surface area contributed by atoms with Crippen LogP contribution in [0.1, 0.15) is 27.2 Å². The molecule has 1 aromatic carbocycles. The number of rotatable bonds is 1. The van der Waals surface area contributed by atoms with Gasteiger partial charge in [-0.25, -0.2) is 9.18 Å². The van der Waals surface area contributed by atoms with E-state index in [0.29, 0.717) is 22.6 Å². The van der Waals surface area contributed by atoms with Gasteiger partial charge in [0.1, 0.15) is 17.1 Å². The molecule has 5 heteroatoms. The summed E-state index contributed by atoms with van der Waals surface area (Å²) in [6.07, 6.45) is 1.60. The van der Waals surface area contributed by atoms with Crippen molar-refractivity contribution < 1.29 is 13.9 Å². The predicted molar refractivity (Wildman–Crippen MR) is 71.5 cm³/mol. The molecule has 0 aliphatic carbocycles. The Kier molecular flexibility index (Phi) is 2.75. The van der Waals surface area contributed by atoms with Crippen LogP contribution in [0.5, 0.6) is 0 Å². The second-order valence-electron chi connectivity index (χ2n) is 4.52. The third-order valence-corrected chi connectivity index (χ3v) is 3.01. The molecule has 2 heterocycles. The molecule has 3 rings (SSSR count). The molecule has 1 aromatic heterocycles. The molecule has 2 aromatic rings. The van der Waals surface area contributed by atoms with E-state index >= 15 is 0 Å². The van der Waals surface area contributed by atoms with Crippen molar-refractivity contribution in [1.82, 2.24) is 4.98 Å². The summed E-state index contributed by atoms with van der Waals surface area (Å²) < 4.78 is 18.0. The molecule has 0 atom stereocenters. The minimum atomic E-state index is -0.672. The number of cyclic esters (lactones) is 1. The highest BCUT2D eigenvalue weighted by molar-refractivity contribution is 6.05. The van der Waals surface area contributed by atoms with Crippen molar-refractivity contribution in [1.29, 1.82) is 0 Å². The van der Waals surface area contributed by atoms with Crippen LogP contribution in [-0.4, -0.2) is 11.0 Å². The number of hydrogen-bond donors (Lipinski definition) is 1. The van der Waals surface area contributed by atoms with Gasteiger partial charge < -0.3 is 9.72 Å². The van der Waals surface area contributed by atoms with Crippen molar-refractivity contribution in [3.05, 3.63) is 68.9 Å². The van der Waals surface area contributed by atoms with E-state index in [4.69, 9.17) is 4.74 Å². The van der Waals surface area contributed by atoms with Gasteiger partial charge in [-0.2, -0.15) is 0 Å². The van der Waals surface area contributed by atoms with Crippen LogP contribution in [0.15, 0.2) is 35.1 Å². The van der Waals surface area contributed by atoms with Crippen molar-refractivity contribution in [2.75, 3.05) is 0 Å². The first kappa shape index (κ1) is 12.3. The number of benzene rings is 1. The lowest BCUT2D eigenvalue weighted by atomic mass is 10.1. The maximum atomic E-state index is 12.9. The van der Waals surface area contributed by atoms with Crippen LogP contribution >= 0.6 is 0 Å². The van der Waals surface area contributed by atoms with Gasteiger partial charge in [-0.3, -0.25) is 4.79 Å². The largest absolute Gasteiger partial charge is 0.422 e. The highest BCUT2D eigenvalue weighted by Gasteiger charge is 2.29. The minimum absolute atomic E-state index is 0.00367. The van der Waals surface area contributed by atoms with E-state index in [1.165, 1.54) is 12.1 Å². The molecule has 0 spiro atoms. The minimum Gasteiger partial charge on any atom is -0.422 e. The zero-order valence-corrected chi connectivity index (χ0v) is 10.6. The Morgan fingerprint density at radius 1 is 1.20 bits per heavy atom. The van der Waals surface area contributed by atoms with E-state index < -0.39 is 11.5 Å². The zero-order chi connectivity index (χ0) is 14.3. The highest BCUT2D eigenvalue weighted by atomic mass is 19.1. The number of aromatic amines is 1. The monoisotopic (exact) mass is 271 g/mol. The number of halogens is 1. The summed E-state index contributed by atoms with van der Waals surface area (Å²) in [6.45, 7) is 1.72. The number of aromatic nitrogens is 1. The molecule has 0 fully saturated rings. The first-order valence-corrected chi connectivity index (χ1v) is 5.98. The van der Waals surface area contributed by atoms with Gasteiger partial charge >= 0.3 is 5.97 Å². The van der Waals surface area contributed by atoms with Gasteiger partial charge in [0.05, 0.1) is 0 Å². The number of hydrogen-bond acceptors (Lipinski definition) is 3. The number of ether oxygens (including phenoxy) is 1. The van der Waals surface area contributed by atoms with Crippen LogP contribution in [0.3, 0.4) is 0 Å². The van der Waals surface area contributed by atoms with Crippen molar-refractivity contribution >= 4 is 17.8 Å². The number of H-pyrrole nitrogens is 1. The van der Waals surface area contributed by atoms with E-state index in [1.807, 2.05) is 0 Å². The first-order chi connectivity index (χ1) is 9.54. The van der Waals surface area contributed by atoms with Crippen molar-refractivity contribution in [3.63, 3.8) is 0 Å². The van der Waals surface area contributed by atoms with Crippen LogP contribution in [0.2, 0.25) is 0 Å². The molecule has 0 saturated heterocycles. The second kappa shape index (κ2) is 4.45. The number of carbonyl (C=O) groups excluding carboxylic acids is 1. The van der Waals surface area contributed by atoms with Gasteiger partial charge in [-0.05, 0) is 36.8 Å². The molecule has 0 unspecified atom stereocenters. The zero-order valence-electron chi connectivity index (χ0n) is 10.6. The highest BCUT2D eigenvalue weighted by Crippen LogP contribution is 2.29. The molecule has 0 radical (unpaired) electrons. The maximum absolute atomic E-state index is 12.9. The van der Waals surface area contributed by atoms with Crippen LogP contribution in [-0.2, 0) is 4.74 Å². The molecule has 1 aliphatic heterocycles. The Labute approximate surface area is 113 Å². The van der Waals surface area contributed by atoms with E-state index in [9.17, 15) is 14.0 Å². The normalized spacial score (nSPS) is 15.3. The van der Waals surface area contributed by atoms with Crippen LogP contribution in [0.25, 0.3) is 11.8 Å². The SMILES string of the molecule is Cc1cc2c(c(=O)[nH]1)C(=O)OC2=Cc1ccc(F)cc1. The molecule has 1 aliphatic rings. The summed E-state index contributed by atoms with van der Waals surface area (Å²) in [4.78, 5) is 26.0. The Bertz CT molecular complexity index is 788. The van der Waals surface area contributed by atoms with E-state index in [-0.39, 0.29) is 11.4 Å². The molecule has 1 N–H and O–H groups in total. The fraction of sp³-hybridized carbons (Fsp3) is 0.0667. The lowest BCUT2D eigenvalue weighted by molar-refractivity contribution is 0.0715. The molecule has 0 saturated carbocycles. The quantitative estimate of drug-likeness (QED) is 0.811. The van der Waals surface area contributed by atoms with Crippen molar-refractivity contribution in [2.24, 2.45) is 0 Å². The molecule has 20 heavy (non-hydrogen) atoms. The third-order valence-electron chi connectivity index (χ3n) is 3.01. The van der Waals surface area contributed by atoms with Gasteiger partial charge in [0.2, 0.25) is 0 Å². The Morgan fingerprint density at radius 2 is 1.90 bits per heavy atom. The number of pyridine rings is 1. The molecular formula is C15H10FNO3. The van der Waals surface area contributed by atoms with E-state index in [2.05, 4.69) is 4.98 Å². The van der Waals surface area contributed by atoms with Crippen LogP contribution in [0, 0.1) is 12.7 Å². The Balaban J connectivity index is 2.13.